The first-order valence-electron chi connectivity index (χ1n) is 6.40. The highest BCUT2D eigenvalue weighted by molar-refractivity contribution is 5.89. The number of fused-ring (bicyclic) bond motifs is 1. The van der Waals surface area contributed by atoms with Crippen LogP contribution in [0.15, 0.2) is 24.3 Å². The number of carbonyl (C=O) groups is 2. The molecule has 0 radical (unpaired) electrons. The van der Waals surface area contributed by atoms with E-state index in [4.69, 9.17) is 14.6 Å². The summed E-state index contributed by atoms with van der Waals surface area (Å²) in [5.74, 6) is -0.516. The second-order valence-corrected chi connectivity index (χ2v) is 4.84. The van der Waals surface area contributed by atoms with E-state index in [9.17, 15) is 9.59 Å². The number of para-hydroxylation sites is 2. The fraction of sp³-hybridized carbons (Fsp3) is 0.429. The number of hydrogen-bond donors (Lipinski definition) is 2. The van der Waals surface area contributed by atoms with E-state index in [1.807, 2.05) is 0 Å². The Morgan fingerprint density at radius 1 is 1.40 bits per heavy atom. The predicted octanol–water partition coefficient (Wildman–Crippen LogP) is 1.20. The standard InChI is InChI=1S/C14H17NO5/c1-3-14(2,13(17)18)15-12(16)11-8-19-9-6-4-5-7-10(9)20-11/h4-7,11H,3,8H2,1-2H3,(H,15,16)(H,17,18). The first-order valence-corrected chi connectivity index (χ1v) is 6.40. The van der Waals surface area contributed by atoms with Gasteiger partial charge in [-0.2, -0.15) is 0 Å². The first kappa shape index (κ1) is 14.2. The number of aliphatic carboxylic acids is 1. The highest BCUT2D eigenvalue weighted by atomic mass is 16.6. The van der Waals surface area contributed by atoms with Gasteiger partial charge in [-0.1, -0.05) is 19.1 Å². The fourth-order valence-corrected chi connectivity index (χ4v) is 1.79. The molecule has 2 unspecified atom stereocenters. The van der Waals surface area contributed by atoms with Gasteiger partial charge in [-0.05, 0) is 25.5 Å². The Labute approximate surface area is 116 Å². The quantitative estimate of drug-likeness (QED) is 0.865. The number of hydrogen-bond acceptors (Lipinski definition) is 4. The van der Waals surface area contributed by atoms with Crippen LogP contribution in [0.2, 0.25) is 0 Å². The Hall–Kier alpha value is -2.24. The Morgan fingerprint density at radius 3 is 2.65 bits per heavy atom. The van der Waals surface area contributed by atoms with Crippen molar-refractivity contribution in [2.75, 3.05) is 6.61 Å². The molecule has 0 spiro atoms. The first-order chi connectivity index (χ1) is 9.46. The third-order valence-corrected chi connectivity index (χ3v) is 3.38. The monoisotopic (exact) mass is 279 g/mol. The van der Waals surface area contributed by atoms with Crippen molar-refractivity contribution < 1.29 is 24.2 Å². The summed E-state index contributed by atoms with van der Waals surface area (Å²) in [5, 5.41) is 11.7. The van der Waals surface area contributed by atoms with Crippen LogP contribution in [-0.2, 0) is 9.59 Å². The maximum atomic E-state index is 12.1. The van der Waals surface area contributed by atoms with Crippen LogP contribution in [0.25, 0.3) is 0 Å². The summed E-state index contributed by atoms with van der Waals surface area (Å²) in [7, 11) is 0. The highest BCUT2D eigenvalue weighted by Crippen LogP contribution is 2.31. The van der Waals surface area contributed by atoms with E-state index in [2.05, 4.69) is 5.32 Å². The van der Waals surface area contributed by atoms with Crippen molar-refractivity contribution in [2.24, 2.45) is 0 Å². The van der Waals surface area contributed by atoms with E-state index in [1.165, 1.54) is 6.92 Å². The van der Waals surface area contributed by atoms with E-state index in [0.717, 1.165) is 0 Å². The van der Waals surface area contributed by atoms with Gasteiger partial charge in [0.15, 0.2) is 11.5 Å². The number of rotatable bonds is 4. The molecule has 1 aliphatic heterocycles. The fourth-order valence-electron chi connectivity index (χ4n) is 1.79. The van der Waals surface area contributed by atoms with E-state index in [0.29, 0.717) is 11.5 Å². The van der Waals surface area contributed by atoms with Crippen molar-refractivity contribution in [1.82, 2.24) is 5.32 Å². The molecule has 0 bridgehead atoms. The number of nitrogens with one attached hydrogen (secondary N) is 1. The van der Waals surface area contributed by atoms with Crippen LogP contribution >= 0.6 is 0 Å². The molecule has 1 aliphatic rings. The zero-order valence-electron chi connectivity index (χ0n) is 11.4. The van der Waals surface area contributed by atoms with Crippen LogP contribution in [0, 0.1) is 0 Å². The van der Waals surface area contributed by atoms with Gasteiger partial charge in [0.25, 0.3) is 5.91 Å². The van der Waals surface area contributed by atoms with Crippen molar-refractivity contribution in [1.29, 1.82) is 0 Å². The molecular weight excluding hydrogens is 262 g/mol. The van der Waals surface area contributed by atoms with Gasteiger partial charge in [-0.25, -0.2) is 4.79 Å². The van der Waals surface area contributed by atoms with E-state index in [1.54, 1.807) is 31.2 Å². The summed E-state index contributed by atoms with van der Waals surface area (Å²) in [4.78, 5) is 23.3. The minimum absolute atomic E-state index is 0.0578. The number of amides is 1. The lowest BCUT2D eigenvalue weighted by Gasteiger charge is -2.30. The largest absolute Gasteiger partial charge is 0.485 e. The highest BCUT2D eigenvalue weighted by Gasteiger charge is 2.37. The number of ether oxygens (including phenoxy) is 2. The molecular formula is C14H17NO5. The summed E-state index contributed by atoms with van der Waals surface area (Å²) < 4.78 is 11.0. The number of carbonyl (C=O) groups excluding carboxylic acids is 1. The summed E-state index contributed by atoms with van der Waals surface area (Å²) in [5.41, 5.74) is -1.31. The molecule has 108 valence electrons. The van der Waals surface area contributed by atoms with Crippen molar-refractivity contribution >= 4 is 11.9 Å². The van der Waals surface area contributed by atoms with Gasteiger partial charge in [0.05, 0.1) is 0 Å². The van der Waals surface area contributed by atoms with Crippen molar-refractivity contribution in [3.05, 3.63) is 24.3 Å². The van der Waals surface area contributed by atoms with Crippen LogP contribution in [0.5, 0.6) is 11.5 Å². The summed E-state index contributed by atoms with van der Waals surface area (Å²) in [6, 6.07) is 7.03. The smallest absolute Gasteiger partial charge is 0.329 e. The summed E-state index contributed by atoms with van der Waals surface area (Å²) in [6.07, 6.45) is -0.576. The second-order valence-electron chi connectivity index (χ2n) is 4.84. The maximum absolute atomic E-state index is 12.1. The molecule has 0 saturated heterocycles. The molecule has 1 heterocycles. The van der Waals surface area contributed by atoms with Crippen LogP contribution in [0.1, 0.15) is 20.3 Å². The molecule has 0 fully saturated rings. The number of benzene rings is 1. The SMILES string of the molecule is CCC(C)(NC(=O)C1COc2ccccc2O1)C(=O)O. The van der Waals surface area contributed by atoms with Gasteiger partial charge in [-0.3, -0.25) is 4.79 Å². The third kappa shape index (κ3) is 2.68. The molecule has 2 N–H and O–H groups in total. The van der Waals surface area contributed by atoms with Gasteiger partial charge < -0.3 is 19.9 Å². The summed E-state index contributed by atoms with van der Waals surface area (Å²) >= 11 is 0. The van der Waals surface area contributed by atoms with Gasteiger partial charge in [-0.15, -0.1) is 0 Å². The van der Waals surface area contributed by atoms with Gasteiger partial charge in [0.1, 0.15) is 12.1 Å². The zero-order valence-corrected chi connectivity index (χ0v) is 11.4. The average molecular weight is 279 g/mol. The third-order valence-electron chi connectivity index (χ3n) is 3.38. The summed E-state index contributed by atoms with van der Waals surface area (Å²) in [6.45, 7) is 3.22. The van der Waals surface area contributed by atoms with Crippen molar-refractivity contribution in [3.63, 3.8) is 0 Å². The topological polar surface area (TPSA) is 84.9 Å². The van der Waals surface area contributed by atoms with E-state index in [-0.39, 0.29) is 13.0 Å². The molecule has 20 heavy (non-hydrogen) atoms. The molecule has 1 amide bonds. The number of carboxylic acids is 1. The minimum atomic E-state index is -1.31. The molecule has 0 aliphatic carbocycles. The molecule has 0 aromatic heterocycles. The Balaban J connectivity index is 2.07. The molecule has 6 nitrogen and oxygen atoms in total. The maximum Gasteiger partial charge on any atom is 0.329 e. The van der Waals surface area contributed by atoms with Gasteiger partial charge >= 0.3 is 5.97 Å². The van der Waals surface area contributed by atoms with Crippen molar-refractivity contribution in [2.45, 2.75) is 31.9 Å². The molecule has 2 atom stereocenters. The van der Waals surface area contributed by atoms with Gasteiger partial charge in [0, 0.05) is 0 Å². The minimum Gasteiger partial charge on any atom is -0.485 e. The molecule has 2 rings (SSSR count). The lowest BCUT2D eigenvalue weighted by Crippen LogP contribution is -2.56. The molecule has 1 aromatic carbocycles. The molecule has 0 saturated carbocycles. The van der Waals surface area contributed by atoms with E-state index >= 15 is 0 Å². The van der Waals surface area contributed by atoms with E-state index < -0.39 is 23.5 Å². The lowest BCUT2D eigenvalue weighted by molar-refractivity contribution is -0.148. The lowest BCUT2D eigenvalue weighted by atomic mass is 9.99. The van der Waals surface area contributed by atoms with Crippen LogP contribution in [0.3, 0.4) is 0 Å². The Morgan fingerprint density at radius 2 is 2.05 bits per heavy atom. The van der Waals surface area contributed by atoms with Gasteiger partial charge in [0.2, 0.25) is 6.10 Å². The average Bonchev–Trinajstić information content (AvgIpc) is 2.46. The molecule has 1 aromatic rings. The Kier molecular flexibility index (Phi) is 3.83. The van der Waals surface area contributed by atoms with Crippen LogP contribution in [-0.4, -0.2) is 35.2 Å². The number of carboxylic acid groups (broad SMARTS) is 1. The Bertz CT molecular complexity index is 530. The van der Waals surface area contributed by atoms with Crippen LogP contribution < -0.4 is 14.8 Å². The van der Waals surface area contributed by atoms with Crippen LogP contribution in [0.4, 0.5) is 0 Å². The molecule has 6 heteroatoms. The second kappa shape index (κ2) is 5.40. The normalized spacial score (nSPS) is 19.8. The van der Waals surface area contributed by atoms with Crippen molar-refractivity contribution in [3.8, 4) is 11.5 Å². The predicted molar refractivity (Wildman–Crippen MR) is 70.8 cm³/mol. The zero-order chi connectivity index (χ0) is 14.8.